The standard InChI is InChI=1S/C14H19N5O3S/c1-11-10-19(14(15)17-11)16-9-12-3-5-13(6-4-12)18(2)7-8-23(20,21)22/h3-6,9-10H,7-8H2,1-2H3,(H2,15,17)(H,20,21,22). The zero-order chi connectivity index (χ0) is 17.0. The van der Waals surface area contributed by atoms with E-state index in [9.17, 15) is 8.42 Å². The van der Waals surface area contributed by atoms with E-state index in [-0.39, 0.29) is 12.3 Å². The van der Waals surface area contributed by atoms with Crippen molar-refractivity contribution in [2.75, 3.05) is 30.0 Å². The van der Waals surface area contributed by atoms with Crippen LogP contribution in [0.3, 0.4) is 0 Å². The normalized spacial score (nSPS) is 12.0. The minimum absolute atomic E-state index is 0.205. The summed E-state index contributed by atoms with van der Waals surface area (Å²) < 4.78 is 31.8. The molecule has 0 saturated carbocycles. The third-order valence-electron chi connectivity index (χ3n) is 3.18. The van der Waals surface area contributed by atoms with Crippen molar-refractivity contribution in [3.63, 3.8) is 0 Å². The molecule has 0 aliphatic heterocycles. The van der Waals surface area contributed by atoms with Crippen LogP contribution in [0.25, 0.3) is 0 Å². The zero-order valence-corrected chi connectivity index (χ0v) is 13.7. The number of hydrogen-bond acceptors (Lipinski definition) is 6. The number of nitrogens with zero attached hydrogens (tertiary/aromatic N) is 4. The van der Waals surface area contributed by atoms with Gasteiger partial charge in [-0.3, -0.25) is 4.55 Å². The van der Waals surface area contributed by atoms with Crippen LogP contribution in [-0.2, 0) is 10.1 Å². The van der Waals surface area contributed by atoms with E-state index >= 15 is 0 Å². The Morgan fingerprint density at radius 3 is 2.57 bits per heavy atom. The van der Waals surface area contributed by atoms with E-state index in [4.69, 9.17) is 10.3 Å². The first-order valence-electron chi connectivity index (χ1n) is 6.87. The minimum atomic E-state index is -3.96. The lowest BCUT2D eigenvalue weighted by Crippen LogP contribution is -2.24. The summed E-state index contributed by atoms with van der Waals surface area (Å²) in [4.78, 5) is 5.79. The Hall–Kier alpha value is -2.39. The fraction of sp³-hybridized carbons (Fsp3) is 0.286. The Morgan fingerprint density at radius 1 is 1.39 bits per heavy atom. The third kappa shape index (κ3) is 5.08. The summed E-state index contributed by atoms with van der Waals surface area (Å²) in [7, 11) is -2.21. The van der Waals surface area contributed by atoms with Crippen LogP contribution < -0.4 is 10.6 Å². The van der Waals surface area contributed by atoms with E-state index in [0.29, 0.717) is 5.95 Å². The van der Waals surface area contributed by atoms with Crippen molar-refractivity contribution in [1.82, 2.24) is 9.66 Å². The second-order valence-corrected chi connectivity index (χ2v) is 6.70. The molecule has 0 aliphatic rings. The molecule has 0 fully saturated rings. The highest BCUT2D eigenvalue weighted by Crippen LogP contribution is 2.13. The van der Waals surface area contributed by atoms with Crippen LogP contribution in [0.1, 0.15) is 11.3 Å². The lowest BCUT2D eigenvalue weighted by Gasteiger charge is -2.18. The SMILES string of the molecule is Cc1cn(N=Cc2ccc(N(C)CCS(=O)(=O)O)cc2)c(N)n1. The Balaban J connectivity index is 2.03. The van der Waals surface area contributed by atoms with E-state index in [1.165, 1.54) is 4.68 Å². The van der Waals surface area contributed by atoms with Crippen molar-refractivity contribution in [3.8, 4) is 0 Å². The molecule has 0 bridgehead atoms. The molecule has 0 radical (unpaired) electrons. The summed E-state index contributed by atoms with van der Waals surface area (Å²) in [5.74, 6) is 0.00621. The van der Waals surface area contributed by atoms with Crippen molar-refractivity contribution >= 4 is 28.0 Å². The second-order valence-electron chi connectivity index (χ2n) is 5.13. The monoisotopic (exact) mass is 337 g/mol. The third-order valence-corrected chi connectivity index (χ3v) is 3.88. The molecular formula is C14H19N5O3S. The lowest BCUT2D eigenvalue weighted by atomic mass is 10.2. The number of benzene rings is 1. The van der Waals surface area contributed by atoms with E-state index in [1.54, 1.807) is 24.4 Å². The number of aromatic nitrogens is 2. The summed E-state index contributed by atoms with van der Waals surface area (Å²) in [5, 5.41) is 4.22. The van der Waals surface area contributed by atoms with Gasteiger partial charge in [0.15, 0.2) is 0 Å². The molecule has 0 unspecified atom stereocenters. The quantitative estimate of drug-likeness (QED) is 0.600. The molecule has 1 aromatic heterocycles. The van der Waals surface area contributed by atoms with Crippen LogP contribution in [0.15, 0.2) is 35.6 Å². The van der Waals surface area contributed by atoms with Gasteiger partial charge in [-0.05, 0) is 24.6 Å². The molecule has 23 heavy (non-hydrogen) atoms. The molecule has 0 spiro atoms. The number of imidazole rings is 1. The maximum absolute atomic E-state index is 10.8. The van der Waals surface area contributed by atoms with Crippen LogP contribution in [0.4, 0.5) is 11.6 Å². The fourth-order valence-electron chi connectivity index (χ4n) is 1.92. The lowest BCUT2D eigenvalue weighted by molar-refractivity contribution is 0.483. The highest BCUT2D eigenvalue weighted by Gasteiger charge is 2.07. The highest BCUT2D eigenvalue weighted by atomic mass is 32.2. The summed E-state index contributed by atoms with van der Waals surface area (Å²) in [6.45, 7) is 2.04. The predicted molar refractivity (Wildman–Crippen MR) is 90.5 cm³/mol. The van der Waals surface area contributed by atoms with Crippen LogP contribution in [0, 0.1) is 6.92 Å². The minimum Gasteiger partial charge on any atom is -0.373 e. The van der Waals surface area contributed by atoms with Gasteiger partial charge < -0.3 is 10.6 Å². The van der Waals surface area contributed by atoms with Gasteiger partial charge >= 0.3 is 0 Å². The number of hydrogen-bond donors (Lipinski definition) is 2. The smallest absolute Gasteiger partial charge is 0.266 e. The Bertz CT molecular complexity index is 796. The van der Waals surface area contributed by atoms with E-state index in [1.807, 2.05) is 31.2 Å². The summed E-state index contributed by atoms with van der Waals surface area (Å²) >= 11 is 0. The number of rotatable bonds is 6. The molecule has 8 nitrogen and oxygen atoms in total. The van der Waals surface area contributed by atoms with Gasteiger partial charge in [0.2, 0.25) is 5.95 Å². The van der Waals surface area contributed by atoms with Crippen molar-refractivity contribution in [3.05, 3.63) is 41.7 Å². The van der Waals surface area contributed by atoms with Gasteiger partial charge in [-0.2, -0.15) is 13.5 Å². The number of aryl methyl sites for hydroxylation is 1. The summed E-state index contributed by atoms with van der Waals surface area (Å²) in [6, 6.07) is 7.38. The van der Waals surface area contributed by atoms with Gasteiger partial charge in [0.1, 0.15) is 0 Å². The van der Waals surface area contributed by atoms with Gasteiger partial charge in [0.25, 0.3) is 10.1 Å². The van der Waals surface area contributed by atoms with Crippen molar-refractivity contribution in [2.45, 2.75) is 6.92 Å². The molecule has 1 aromatic carbocycles. The molecule has 9 heteroatoms. The average Bonchev–Trinajstić information content (AvgIpc) is 2.80. The number of anilines is 2. The first-order valence-corrected chi connectivity index (χ1v) is 8.48. The molecule has 3 N–H and O–H groups in total. The molecule has 0 amide bonds. The first kappa shape index (κ1) is 17.0. The van der Waals surface area contributed by atoms with Gasteiger partial charge in [0, 0.05) is 19.3 Å². The molecule has 0 atom stereocenters. The fourth-order valence-corrected chi connectivity index (χ4v) is 2.43. The highest BCUT2D eigenvalue weighted by molar-refractivity contribution is 7.85. The predicted octanol–water partition coefficient (Wildman–Crippen LogP) is 0.980. The number of nitrogen functional groups attached to an aromatic ring is 1. The summed E-state index contributed by atoms with van der Waals surface area (Å²) in [6.07, 6.45) is 3.38. The van der Waals surface area contributed by atoms with Crippen molar-refractivity contribution < 1.29 is 13.0 Å². The van der Waals surface area contributed by atoms with Gasteiger partial charge in [-0.25, -0.2) is 9.66 Å². The van der Waals surface area contributed by atoms with Crippen molar-refractivity contribution in [2.24, 2.45) is 5.10 Å². The van der Waals surface area contributed by atoms with Gasteiger partial charge in [-0.1, -0.05) is 12.1 Å². The van der Waals surface area contributed by atoms with Crippen LogP contribution >= 0.6 is 0 Å². The number of nitrogens with two attached hydrogens (primary N) is 1. The topological polar surface area (TPSA) is 114 Å². The molecule has 0 aliphatic carbocycles. The van der Waals surface area contributed by atoms with Crippen LogP contribution in [0.5, 0.6) is 0 Å². The molecule has 2 aromatic rings. The molecule has 2 rings (SSSR count). The Kier molecular flexibility index (Phi) is 5.02. The van der Waals surface area contributed by atoms with Crippen LogP contribution in [-0.4, -0.2) is 48.2 Å². The molecule has 124 valence electrons. The van der Waals surface area contributed by atoms with Gasteiger partial charge in [0.05, 0.1) is 23.9 Å². The van der Waals surface area contributed by atoms with E-state index in [0.717, 1.165) is 16.9 Å². The van der Waals surface area contributed by atoms with Crippen molar-refractivity contribution in [1.29, 1.82) is 0 Å². The molecule has 1 heterocycles. The van der Waals surface area contributed by atoms with E-state index < -0.39 is 10.1 Å². The molecular weight excluding hydrogens is 318 g/mol. The Morgan fingerprint density at radius 2 is 2.04 bits per heavy atom. The maximum atomic E-state index is 10.8. The van der Waals surface area contributed by atoms with Gasteiger partial charge in [-0.15, -0.1) is 0 Å². The maximum Gasteiger partial charge on any atom is 0.266 e. The second kappa shape index (κ2) is 6.80. The van der Waals surface area contributed by atoms with E-state index in [2.05, 4.69) is 10.1 Å². The zero-order valence-electron chi connectivity index (χ0n) is 12.9. The molecule has 0 saturated heterocycles. The van der Waals surface area contributed by atoms with Crippen LogP contribution in [0.2, 0.25) is 0 Å². The first-order chi connectivity index (χ1) is 10.7. The Labute approximate surface area is 135 Å². The largest absolute Gasteiger partial charge is 0.373 e. The summed E-state index contributed by atoms with van der Waals surface area (Å²) in [5.41, 5.74) is 8.19. The average molecular weight is 337 g/mol.